The summed E-state index contributed by atoms with van der Waals surface area (Å²) in [7, 11) is 0. The summed E-state index contributed by atoms with van der Waals surface area (Å²) in [5.74, 6) is 0. The summed E-state index contributed by atoms with van der Waals surface area (Å²) >= 11 is -3.16. The molecule has 1 N–H and O–H groups in total. The Morgan fingerprint density at radius 2 is 1.75 bits per heavy atom. The summed E-state index contributed by atoms with van der Waals surface area (Å²) in [6.07, 6.45) is 0. The molecule has 0 saturated carbocycles. The Morgan fingerprint density at radius 1 is 1.33 bits per heavy atom. The van der Waals surface area contributed by atoms with Crippen LogP contribution in [0.4, 0.5) is 0 Å². The second kappa shape index (κ2) is 6.88. The Labute approximate surface area is 76.5 Å². The molecule has 0 aliphatic rings. The van der Waals surface area contributed by atoms with E-state index in [4.69, 9.17) is 13.5 Å². The van der Waals surface area contributed by atoms with Gasteiger partial charge in [-0.1, -0.05) is 0 Å². The Balaban J connectivity index is 0.000000354. The van der Waals surface area contributed by atoms with Gasteiger partial charge in [0.15, 0.2) is 0 Å². The van der Waals surface area contributed by atoms with Crippen molar-refractivity contribution < 1.29 is 6.40 Å². The van der Waals surface area contributed by atoms with Crippen LogP contribution in [0.2, 0.25) is 0 Å². The van der Waals surface area contributed by atoms with Gasteiger partial charge in [-0.2, -0.15) is 0 Å². The van der Waals surface area contributed by atoms with Gasteiger partial charge < -0.3 is 10.1 Å². The van der Waals surface area contributed by atoms with Gasteiger partial charge in [0.1, 0.15) is 0 Å². The quantitative estimate of drug-likeness (QED) is 0.446. The van der Waals surface area contributed by atoms with E-state index in [1.165, 1.54) is 0 Å². The first-order valence-electron chi connectivity index (χ1n) is 2.88. The molecule has 1 rings (SSSR count). The SMILES string of the molecule is O=N[O-].[O]=[Sb]([OH])[c]1ccccc1. The Bertz CT molecular complexity index is 251. The molecule has 5 nitrogen and oxygen atoms in total. The first-order chi connectivity index (χ1) is 5.72. The van der Waals surface area contributed by atoms with Crippen LogP contribution in [-0.4, -0.2) is 24.0 Å². The van der Waals surface area contributed by atoms with E-state index in [2.05, 4.69) is 0 Å². The van der Waals surface area contributed by atoms with Crippen LogP contribution >= 0.6 is 0 Å². The molecule has 0 aromatic heterocycles. The zero-order chi connectivity index (χ0) is 9.40. The standard InChI is InChI=1S/C6H5.HNO2.H2O.O.Sb/c1-2-4-6-5-3-1;2-1-3;;;/h1-5H;(H,2,3);1H2;;/q;;;;+1/p-2. The molecule has 0 spiro atoms. The first kappa shape index (κ1) is 11.2. The predicted molar refractivity (Wildman–Crippen MR) is 43.9 cm³/mol. The summed E-state index contributed by atoms with van der Waals surface area (Å²) < 4.78 is 19.7. The van der Waals surface area contributed by atoms with Crippen molar-refractivity contribution in [1.82, 2.24) is 0 Å². The number of hydrogen-bond donors (Lipinski definition) is 1. The van der Waals surface area contributed by atoms with Gasteiger partial charge in [0.2, 0.25) is 0 Å². The number of rotatable bonds is 1. The van der Waals surface area contributed by atoms with Gasteiger partial charge in [-0.05, 0) is 0 Å². The molecule has 0 aliphatic heterocycles. The van der Waals surface area contributed by atoms with Crippen molar-refractivity contribution >= 4 is 24.1 Å². The van der Waals surface area contributed by atoms with Crippen LogP contribution in [0.15, 0.2) is 35.7 Å². The number of hydrogen-bond acceptors (Lipinski definition) is 4. The monoisotopic (exact) mass is 277 g/mol. The van der Waals surface area contributed by atoms with Crippen molar-refractivity contribution in [3.63, 3.8) is 0 Å². The van der Waals surface area contributed by atoms with Gasteiger partial charge in [0, 0.05) is 0 Å². The van der Waals surface area contributed by atoms with Gasteiger partial charge in [-0.3, -0.25) is 0 Å². The van der Waals surface area contributed by atoms with E-state index < -0.39 is 20.6 Å². The molecular formula is C6H6NO4Sb-. The van der Waals surface area contributed by atoms with Crippen molar-refractivity contribution in [2.75, 3.05) is 0 Å². The van der Waals surface area contributed by atoms with Gasteiger partial charge in [0.25, 0.3) is 0 Å². The Kier molecular flexibility index (Phi) is 6.42. The normalized spacial score (nSPS) is 7.75. The fourth-order valence-electron chi connectivity index (χ4n) is 0.556. The summed E-state index contributed by atoms with van der Waals surface area (Å²) in [5, 5.41) is 9.00. The minimum atomic E-state index is -3.16. The van der Waals surface area contributed by atoms with Crippen molar-refractivity contribution in [1.29, 1.82) is 0 Å². The number of benzene rings is 1. The molecule has 12 heavy (non-hydrogen) atoms. The third kappa shape index (κ3) is 4.93. The molecule has 0 amide bonds. The predicted octanol–water partition coefficient (Wildman–Crippen LogP) is 0.0552. The van der Waals surface area contributed by atoms with Crippen LogP contribution in [0.1, 0.15) is 0 Å². The maximum atomic E-state index is 10.5. The van der Waals surface area contributed by atoms with Crippen molar-refractivity contribution in [2.24, 2.45) is 5.34 Å². The minimum absolute atomic E-state index is 0.598. The van der Waals surface area contributed by atoms with Crippen LogP contribution in [0.3, 0.4) is 0 Å². The van der Waals surface area contributed by atoms with Gasteiger partial charge in [-0.25, -0.2) is 0 Å². The van der Waals surface area contributed by atoms with E-state index in [9.17, 15) is 3.02 Å². The van der Waals surface area contributed by atoms with Crippen LogP contribution in [-0.2, 0) is 3.02 Å². The van der Waals surface area contributed by atoms with Crippen molar-refractivity contribution in [3.05, 3.63) is 40.4 Å². The molecular weight excluding hydrogens is 272 g/mol. The zero-order valence-corrected chi connectivity index (χ0v) is 8.51. The second-order valence-electron chi connectivity index (χ2n) is 1.68. The molecule has 6 heteroatoms. The molecule has 0 fully saturated rings. The topological polar surface area (TPSA) is 89.8 Å². The number of nitrogens with zero attached hydrogens (tertiary/aromatic N) is 1. The average Bonchev–Trinajstić information content (AvgIpc) is 2.07. The van der Waals surface area contributed by atoms with E-state index >= 15 is 0 Å². The van der Waals surface area contributed by atoms with Crippen molar-refractivity contribution in [2.45, 2.75) is 0 Å². The van der Waals surface area contributed by atoms with Gasteiger partial charge >= 0.3 is 60.9 Å². The summed E-state index contributed by atoms with van der Waals surface area (Å²) in [4.78, 5) is 8.00. The van der Waals surface area contributed by atoms with E-state index in [-0.39, 0.29) is 0 Å². The molecule has 1 aromatic carbocycles. The van der Waals surface area contributed by atoms with Crippen LogP contribution in [0.5, 0.6) is 0 Å². The molecule has 0 atom stereocenters. The molecule has 0 bridgehead atoms. The van der Waals surface area contributed by atoms with Gasteiger partial charge in [0.05, 0.1) is 0 Å². The molecule has 0 heterocycles. The fraction of sp³-hybridized carbons (Fsp3) is 0. The zero-order valence-electron chi connectivity index (χ0n) is 5.95. The fourth-order valence-corrected chi connectivity index (χ4v) is 1.77. The van der Waals surface area contributed by atoms with E-state index in [0.29, 0.717) is 3.51 Å². The third-order valence-corrected chi connectivity index (χ3v) is 3.09. The molecule has 1 aromatic rings. The third-order valence-electron chi connectivity index (χ3n) is 0.977. The second-order valence-corrected chi connectivity index (χ2v) is 4.71. The van der Waals surface area contributed by atoms with Crippen LogP contribution < -0.4 is 3.51 Å². The van der Waals surface area contributed by atoms with Crippen LogP contribution in [0.25, 0.3) is 0 Å². The Morgan fingerprint density at radius 3 is 2.00 bits per heavy atom. The summed E-state index contributed by atoms with van der Waals surface area (Å²) in [6, 6.07) is 8.71. The Hall–Kier alpha value is -0.802. The van der Waals surface area contributed by atoms with Crippen molar-refractivity contribution in [3.8, 4) is 0 Å². The summed E-state index contributed by atoms with van der Waals surface area (Å²) in [5.41, 5.74) is 0. The van der Waals surface area contributed by atoms with E-state index in [0.717, 1.165) is 5.34 Å². The van der Waals surface area contributed by atoms with E-state index in [1.54, 1.807) is 24.3 Å². The molecule has 65 valence electrons. The van der Waals surface area contributed by atoms with E-state index in [1.807, 2.05) is 6.07 Å². The van der Waals surface area contributed by atoms with Crippen LogP contribution in [0, 0.1) is 10.1 Å². The molecule has 0 unspecified atom stereocenters. The van der Waals surface area contributed by atoms with Gasteiger partial charge in [-0.15, -0.1) is 5.34 Å². The molecule has 1 radical (unpaired) electrons. The molecule has 0 saturated heterocycles. The average molecular weight is 278 g/mol. The molecule has 0 aliphatic carbocycles. The maximum absolute atomic E-state index is 10.5. The summed E-state index contributed by atoms with van der Waals surface area (Å²) in [6.45, 7) is 0. The first-order valence-corrected chi connectivity index (χ1v) is 6.34.